The van der Waals surface area contributed by atoms with E-state index in [2.05, 4.69) is 50.8 Å². The molecule has 7 heteroatoms. The number of methoxy groups -OCH3 is 1. The largest absolute Gasteiger partial charge is 0.469 e. The Morgan fingerprint density at radius 1 is 1.16 bits per heavy atom. The van der Waals surface area contributed by atoms with E-state index in [4.69, 9.17) is 0 Å². The van der Waals surface area contributed by atoms with Crippen molar-refractivity contribution in [1.29, 1.82) is 0 Å². The summed E-state index contributed by atoms with van der Waals surface area (Å²) < 4.78 is 4.64. The van der Waals surface area contributed by atoms with Crippen LogP contribution in [0.15, 0.2) is 35.1 Å². The van der Waals surface area contributed by atoms with Crippen molar-refractivity contribution in [2.24, 2.45) is 0 Å². The summed E-state index contributed by atoms with van der Waals surface area (Å²) in [6.07, 6.45) is -0.00322. The lowest BCUT2D eigenvalue weighted by Gasteiger charge is -2.36. The van der Waals surface area contributed by atoms with Gasteiger partial charge in [0.25, 0.3) is 5.56 Å². The fourth-order valence-corrected chi connectivity index (χ4v) is 2.89. The zero-order valence-corrected chi connectivity index (χ0v) is 14.5. The van der Waals surface area contributed by atoms with Crippen molar-refractivity contribution in [3.8, 4) is 0 Å². The molecule has 1 saturated heterocycles. The highest BCUT2D eigenvalue weighted by Gasteiger charge is 2.20. The molecule has 7 nitrogen and oxygen atoms in total. The first-order valence-electron chi connectivity index (χ1n) is 8.29. The van der Waals surface area contributed by atoms with Gasteiger partial charge in [-0.1, -0.05) is 17.7 Å². The Morgan fingerprint density at radius 2 is 1.80 bits per heavy atom. The molecule has 3 rings (SSSR count). The third-order valence-electron chi connectivity index (χ3n) is 4.31. The molecule has 0 spiro atoms. The molecule has 1 aromatic carbocycles. The molecule has 1 aliphatic heterocycles. The number of ether oxygens (including phenoxy) is 1. The van der Waals surface area contributed by atoms with Crippen LogP contribution in [0.25, 0.3) is 0 Å². The number of carbonyl (C=O) groups excluding carboxylic acids is 1. The number of anilines is 2. The summed E-state index contributed by atoms with van der Waals surface area (Å²) >= 11 is 0. The number of carbonyl (C=O) groups is 1. The van der Waals surface area contributed by atoms with Crippen molar-refractivity contribution in [3.63, 3.8) is 0 Å². The summed E-state index contributed by atoms with van der Waals surface area (Å²) in [5, 5.41) is 0. The minimum atomic E-state index is -0.409. The smallest absolute Gasteiger partial charge is 0.311 e. The highest BCUT2D eigenvalue weighted by Crippen LogP contribution is 2.18. The first kappa shape index (κ1) is 17.0. The second-order valence-electron chi connectivity index (χ2n) is 6.12. The molecule has 1 aromatic heterocycles. The lowest BCUT2D eigenvalue weighted by atomic mass is 10.2. The van der Waals surface area contributed by atoms with Crippen LogP contribution in [0, 0.1) is 6.92 Å². The first-order chi connectivity index (χ1) is 12.0. The minimum Gasteiger partial charge on any atom is -0.469 e. The van der Waals surface area contributed by atoms with Gasteiger partial charge in [-0.05, 0) is 19.1 Å². The Labute approximate surface area is 146 Å². The molecule has 0 atom stereocenters. The number of piperazine rings is 1. The predicted molar refractivity (Wildman–Crippen MR) is 96.2 cm³/mol. The number of benzene rings is 1. The van der Waals surface area contributed by atoms with Gasteiger partial charge >= 0.3 is 5.97 Å². The molecule has 0 radical (unpaired) electrons. The van der Waals surface area contributed by atoms with Gasteiger partial charge in [0.05, 0.1) is 19.2 Å². The number of H-pyrrole nitrogens is 1. The van der Waals surface area contributed by atoms with Gasteiger partial charge < -0.3 is 14.5 Å². The fourth-order valence-electron chi connectivity index (χ4n) is 2.89. The standard InChI is InChI=1S/C18H22N4O3/c1-13-3-5-15(6-4-13)21-7-9-22(10-8-21)18-19-14(11-16(23)20-18)12-17(24)25-2/h3-6,11H,7-10,12H2,1-2H3,(H,19,20,23). The van der Waals surface area contributed by atoms with Gasteiger partial charge in [-0.15, -0.1) is 0 Å². The second kappa shape index (κ2) is 7.38. The van der Waals surface area contributed by atoms with Gasteiger partial charge in [0.15, 0.2) is 0 Å². The summed E-state index contributed by atoms with van der Waals surface area (Å²) in [5.41, 5.74) is 2.61. The Balaban J connectivity index is 1.69. The van der Waals surface area contributed by atoms with Gasteiger partial charge in [0.1, 0.15) is 0 Å². The average molecular weight is 342 g/mol. The van der Waals surface area contributed by atoms with Crippen molar-refractivity contribution in [1.82, 2.24) is 9.97 Å². The van der Waals surface area contributed by atoms with Crippen LogP contribution in [0.3, 0.4) is 0 Å². The summed E-state index contributed by atoms with van der Waals surface area (Å²) in [5.74, 6) is 0.100. The molecule has 0 aliphatic carbocycles. The second-order valence-corrected chi connectivity index (χ2v) is 6.12. The van der Waals surface area contributed by atoms with E-state index in [1.165, 1.54) is 24.4 Å². The molecule has 1 N–H and O–H groups in total. The number of rotatable bonds is 4. The van der Waals surface area contributed by atoms with Gasteiger partial charge in [0.2, 0.25) is 5.95 Å². The molecule has 1 aliphatic rings. The third kappa shape index (κ3) is 4.17. The van der Waals surface area contributed by atoms with Gasteiger partial charge in [-0.25, -0.2) is 4.98 Å². The number of nitrogens with zero attached hydrogens (tertiary/aromatic N) is 3. The molecular weight excluding hydrogens is 320 g/mol. The van der Waals surface area contributed by atoms with E-state index in [1.54, 1.807) is 0 Å². The van der Waals surface area contributed by atoms with E-state index < -0.39 is 5.97 Å². The maximum atomic E-state index is 11.9. The quantitative estimate of drug-likeness (QED) is 0.839. The Morgan fingerprint density at radius 3 is 2.44 bits per heavy atom. The summed E-state index contributed by atoms with van der Waals surface area (Å²) in [6, 6.07) is 9.81. The molecule has 0 bridgehead atoms. The van der Waals surface area contributed by atoms with Crippen LogP contribution in [0.2, 0.25) is 0 Å². The van der Waals surface area contributed by atoms with E-state index in [1.807, 2.05) is 4.90 Å². The number of nitrogens with one attached hydrogen (secondary N) is 1. The zero-order chi connectivity index (χ0) is 17.8. The van der Waals surface area contributed by atoms with Crippen LogP contribution in [0.4, 0.5) is 11.6 Å². The monoisotopic (exact) mass is 342 g/mol. The average Bonchev–Trinajstić information content (AvgIpc) is 2.62. The van der Waals surface area contributed by atoms with Crippen molar-refractivity contribution < 1.29 is 9.53 Å². The molecular formula is C18H22N4O3. The Bertz CT molecular complexity index is 793. The lowest BCUT2D eigenvalue weighted by molar-refractivity contribution is -0.139. The van der Waals surface area contributed by atoms with Crippen LogP contribution >= 0.6 is 0 Å². The topological polar surface area (TPSA) is 78.5 Å². The number of hydrogen-bond donors (Lipinski definition) is 1. The van der Waals surface area contributed by atoms with Crippen LogP contribution < -0.4 is 15.4 Å². The van der Waals surface area contributed by atoms with E-state index in [0.29, 0.717) is 11.6 Å². The molecule has 2 heterocycles. The fraction of sp³-hybridized carbons (Fsp3) is 0.389. The number of hydrogen-bond acceptors (Lipinski definition) is 6. The highest BCUT2D eigenvalue weighted by molar-refractivity contribution is 5.71. The molecule has 0 saturated carbocycles. The van der Waals surface area contributed by atoms with Crippen LogP contribution in [0.5, 0.6) is 0 Å². The summed E-state index contributed by atoms with van der Waals surface area (Å²) in [7, 11) is 1.32. The maximum absolute atomic E-state index is 11.9. The summed E-state index contributed by atoms with van der Waals surface area (Å²) in [6.45, 7) is 5.25. The SMILES string of the molecule is COC(=O)Cc1cc(=O)[nH]c(N2CCN(c3ccc(C)cc3)CC2)n1. The van der Waals surface area contributed by atoms with E-state index in [0.717, 1.165) is 26.2 Å². The lowest BCUT2D eigenvalue weighted by Crippen LogP contribution is -2.47. The van der Waals surface area contributed by atoms with E-state index in [-0.39, 0.29) is 12.0 Å². The molecule has 132 valence electrons. The van der Waals surface area contributed by atoms with E-state index >= 15 is 0 Å². The third-order valence-corrected chi connectivity index (χ3v) is 4.31. The number of esters is 1. The number of aromatic amines is 1. The summed E-state index contributed by atoms with van der Waals surface area (Å²) in [4.78, 5) is 34.8. The zero-order valence-electron chi connectivity index (χ0n) is 14.5. The van der Waals surface area contributed by atoms with Gasteiger partial charge in [-0.2, -0.15) is 0 Å². The number of aryl methyl sites for hydroxylation is 1. The van der Waals surface area contributed by atoms with E-state index in [9.17, 15) is 9.59 Å². The van der Waals surface area contributed by atoms with Crippen LogP contribution in [-0.2, 0) is 16.0 Å². The number of aromatic nitrogens is 2. The van der Waals surface area contributed by atoms with Crippen LogP contribution in [-0.4, -0.2) is 49.2 Å². The molecule has 0 amide bonds. The van der Waals surface area contributed by atoms with Gasteiger partial charge in [-0.3, -0.25) is 14.6 Å². The highest BCUT2D eigenvalue weighted by atomic mass is 16.5. The van der Waals surface area contributed by atoms with Crippen molar-refractivity contribution in [3.05, 3.63) is 51.9 Å². The Hall–Kier alpha value is -2.83. The first-order valence-corrected chi connectivity index (χ1v) is 8.29. The normalized spacial score (nSPS) is 14.5. The molecule has 25 heavy (non-hydrogen) atoms. The van der Waals surface area contributed by atoms with Gasteiger partial charge in [0, 0.05) is 37.9 Å². The molecule has 1 fully saturated rings. The minimum absolute atomic E-state index is 0.00322. The Kier molecular flexibility index (Phi) is 5.02. The van der Waals surface area contributed by atoms with Crippen molar-refractivity contribution >= 4 is 17.6 Å². The maximum Gasteiger partial charge on any atom is 0.311 e. The van der Waals surface area contributed by atoms with Crippen LogP contribution in [0.1, 0.15) is 11.3 Å². The predicted octanol–water partition coefficient (Wildman–Crippen LogP) is 1.12. The molecule has 0 unspecified atom stereocenters. The van der Waals surface area contributed by atoms with Crippen molar-refractivity contribution in [2.45, 2.75) is 13.3 Å². The molecule has 2 aromatic rings. The van der Waals surface area contributed by atoms with Crippen molar-refractivity contribution in [2.75, 3.05) is 43.1 Å².